The number of fused-ring (bicyclic) bond motifs is 1. The number of benzene rings is 1. The fourth-order valence-electron chi connectivity index (χ4n) is 1.93. The smallest absolute Gasteiger partial charge is 0.281 e. The molecule has 0 radical (unpaired) electrons. The van der Waals surface area contributed by atoms with Crippen LogP contribution in [0.5, 0.6) is 0 Å². The van der Waals surface area contributed by atoms with Crippen LogP contribution in [0.2, 0.25) is 0 Å². The summed E-state index contributed by atoms with van der Waals surface area (Å²) in [7, 11) is 1.72. The van der Waals surface area contributed by atoms with Crippen LogP contribution < -0.4 is 11.3 Å². The largest absolute Gasteiger partial charge is 0.399 e. The molecule has 102 valence electrons. The van der Waals surface area contributed by atoms with Gasteiger partial charge in [-0.1, -0.05) is 27.2 Å². The zero-order chi connectivity index (χ0) is 14.3. The molecule has 0 spiro atoms. The summed E-state index contributed by atoms with van der Waals surface area (Å²) in [6.07, 6.45) is 1.50. The van der Waals surface area contributed by atoms with Crippen LogP contribution in [0.4, 0.5) is 5.69 Å². The highest BCUT2D eigenvalue weighted by molar-refractivity contribution is 9.10. The van der Waals surface area contributed by atoms with Crippen LogP contribution in [0.1, 0.15) is 5.56 Å². The van der Waals surface area contributed by atoms with Crippen LogP contribution in [0.15, 0.2) is 33.7 Å². The number of aromatic nitrogens is 5. The molecule has 8 heteroatoms. The van der Waals surface area contributed by atoms with E-state index < -0.39 is 0 Å². The van der Waals surface area contributed by atoms with Crippen LogP contribution in [0.25, 0.3) is 11.0 Å². The molecular weight excluding hydrogens is 324 g/mol. The highest BCUT2D eigenvalue weighted by Gasteiger charge is 2.10. The molecule has 0 saturated carbocycles. The Morgan fingerprint density at radius 1 is 1.40 bits per heavy atom. The van der Waals surface area contributed by atoms with Gasteiger partial charge in [-0.05, 0) is 17.7 Å². The van der Waals surface area contributed by atoms with Gasteiger partial charge in [-0.3, -0.25) is 4.79 Å². The SMILES string of the molecule is Cn1ncc2c(=O)n(Cc3ccc(N)cc3Br)nnc21. The van der Waals surface area contributed by atoms with Crippen molar-refractivity contribution in [3.05, 3.63) is 44.8 Å². The van der Waals surface area contributed by atoms with E-state index in [1.165, 1.54) is 15.6 Å². The molecule has 2 aromatic heterocycles. The van der Waals surface area contributed by atoms with Crippen molar-refractivity contribution in [1.82, 2.24) is 24.8 Å². The number of nitrogens with two attached hydrogens (primary N) is 1. The van der Waals surface area contributed by atoms with Crippen molar-refractivity contribution in [1.29, 1.82) is 0 Å². The van der Waals surface area contributed by atoms with Gasteiger partial charge in [0.2, 0.25) is 0 Å². The quantitative estimate of drug-likeness (QED) is 0.703. The maximum Gasteiger partial charge on any atom is 0.281 e. The first-order valence-corrected chi connectivity index (χ1v) is 6.65. The topological polar surface area (TPSA) is 91.6 Å². The first-order chi connectivity index (χ1) is 9.56. The number of anilines is 1. The summed E-state index contributed by atoms with van der Waals surface area (Å²) in [6, 6.07) is 5.42. The summed E-state index contributed by atoms with van der Waals surface area (Å²) in [5.41, 5.74) is 7.51. The molecule has 1 aromatic carbocycles. The van der Waals surface area contributed by atoms with Crippen molar-refractivity contribution in [3.8, 4) is 0 Å². The summed E-state index contributed by atoms with van der Waals surface area (Å²) in [5.74, 6) is 0. The lowest BCUT2D eigenvalue weighted by Crippen LogP contribution is -2.24. The Labute approximate surface area is 122 Å². The van der Waals surface area contributed by atoms with E-state index in [0.29, 0.717) is 23.3 Å². The monoisotopic (exact) mass is 334 g/mol. The molecular formula is C12H11BrN6O. The molecule has 0 amide bonds. The van der Waals surface area contributed by atoms with Crippen LogP contribution in [0, 0.1) is 0 Å². The predicted molar refractivity (Wildman–Crippen MR) is 78.2 cm³/mol. The van der Waals surface area contributed by atoms with E-state index >= 15 is 0 Å². The van der Waals surface area contributed by atoms with Gasteiger partial charge in [0.15, 0.2) is 5.65 Å². The average molecular weight is 335 g/mol. The van der Waals surface area contributed by atoms with Crippen LogP contribution >= 0.6 is 15.9 Å². The summed E-state index contributed by atoms with van der Waals surface area (Å²) in [4.78, 5) is 12.3. The summed E-state index contributed by atoms with van der Waals surface area (Å²) in [6.45, 7) is 0.317. The van der Waals surface area contributed by atoms with Crippen molar-refractivity contribution >= 4 is 32.7 Å². The fourth-order valence-corrected chi connectivity index (χ4v) is 2.45. The lowest BCUT2D eigenvalue weighted by atomic mass is 10.2. The highest BCUT2D eigenvalue weighted by Crippen LogP contribution is 2.20. The number of hydrogen-bond acceptors (Lipinski definition) is 5. The highest BCUT2D eigenvalue weighted by atomic mass is 79.9. The van der Waals surface area contributed by atoms with E-state index in [1.807, 2.05) is 6.07 Å². The third kappa shape index (κ3) is 2.07. The Morgan fingerprint density at radius 2 is 2.20 bits per heavy atom. The summed E-state index contributed by atoms with van der Waals surface area (Å²) >= 11 is 3.42. The minimum Gasteiger partial charge on any atom is -0.399 e. The standard InChI is InChI=1S/C12H11BrN6O/c1-18-11-9(5-15-18)12(20)19(17-16-11)6-7-2-3-8(14)4-10(7)13/h2-5H,6,14H2,1H3. The lowest BCUT2D eigenvalue weighted by Gasteiger charge is -2.06. The van der Waals surface area contributed by atoms with Gasteiger partial charge in [-0.25, -0.2) is 9.36 Å². The van der Waals surface area contributed by atoms with Gasteiger partial charge >= 0.3 is 0 Å². The first kappa shape index (κ1) is 12.8. The van der Waals surface area contributed by atoms with Gasteiger partial charge in [0.05, 0.1) is 12.7 Å². The summed E-state index contributed by atoms with van der Waals surface area (Å²) in [5, 5.41) is 12.4. The van der Waals surface area contributed by atoms with Crippen molar-refractivity contribution < 1.29 is 0 Å². The Morgan fingerprint density at radius 3 is 2.95 bits per heavy atom. The zero-order valence-corrected chi connectivity index (χ0v) is 12.2. The maximum atomic E-state index is 12.3. The molecule has 2 heterocycles. The second kappa shape index (κ2) is 4.71. The number of nitrogens with zero attached hydrogens (tertiary/aromatic N) is 5. The van der Waals surface area contributed by atoms with Crippen molar-refractivity contribution in [2.24, 2.45) is 7.05 Å². The van der Waals surface area contributed by atoms with E-state index in [0.717, 1.165) is 10.0 Å². The molecule has 7 nitrogen and oxygen atoms in total. The molecule has 20 heavy (non-hydrogen) atoms. The molecule has 0 unspecified atom stereocenters. The van der Waals surface area contributed by atoms with Gasteiger partial charge in [-0.15, -0.1) is 5.10 Å². The molecule has 3 rings (SSSR count). The maximum absolute atomic E-state index is 12.3. The molecule has 0 aliphatic heterocycles. The average Bonchev–Trinajstić information content (AvgIpc) is 2.78. The predicted octanol–water partition coefficient (Wildman–Crippen LogP) is 0.918. The number of halogens is 1. The second-order valence-electron chi connectivity index (χ2n) is 4.41. The van der Waals surface area contributed by atoms with Gasteiger partial charge < -0.3 is 5.73 Å². The third-order valence-electron chi connectivity index (χ3n) is 3.02. The zero-order valence-electron chi connectivity index (χ0n) is 10.6. The molecule has 0 aliphatic rings. The molecule has 0 fully saturated rings. The van der Waals surface area contributed by atoms with E-state index in [4.69, 9.17) is 5.73 Å². The molecule has 0 atom stereocenters. The van der Waals surface area contributed by atoms with Crippen molar-refractivity contribution in [3.63, 3.8) is 0 Å². The van der Waals surface area contributed by atoms with Gasteiger partial charge in [-0.2, -0.15) is 5.10 Å². The van der Waals surface area contributed by atoms with Crippen LogP contribution in [-0.4, -0.2) is 24.8 Å². The number of nitrogen functional groups attached to an aromatic ring is 1. The Balaban J connectivity index is 2.07. The van der Waals surface area contributed by atoms with Crippen molar-refractivity contribution in [2.45, 2.75) is 6.54 Å². The van der Waals surface area contributed by atoms with Gasteiger partial charge in [0.1, 0.15) is 5.39 Å². The number of rotatable bonds is 2. The fraction of sp³-hybridized carbons (Fsp3) is 0.167. The van der Waals surface area contributed by atoms with Crippen molar-refractivity contribution in [2.75, 3.05) is 5.73 Å². The molecule has 0 saturated heterocycles. The lowest BCUT2D eigenvalue weighted by molar-refractivity contribution is 0.594. The van der Waals surface area contributed by atoms with E-state index in [2.05, 4.69) is 31.3 Å². The molecule has 3 aromatic rings. The minimum atomic E-state index is -0.216. The molecule has 0 aliphatic carbocycles. The van der Waals surface area contributed by atoms with Gasteiger partial charge in [0.25, 0.3) is 5.56 Å². The summed E-state index contributed by atoms with van der Waals surface area (Å²) < 4.78 is 3.66. The van der Waals surface area contributed by atoms with Crippen LogP contribution in [0.3, 0.4) is 0 Å². The molecule has 2 N–H and O–H groups in total. The van der Waals surface area contributed by atoms with E-state index in [9.17, 15) is 4.79 Å². The van der Waals surface area contributed by atoms with Crippen LogP contribution in [-0.2, 0) is 13.6 Å². The Bertz CT molecular complexity index is 853. The number of hydrogen-bond donors (Lipinski definition) is 1. The normalized spacial score (nSPS) is 11.1. The van der Waals surface area contributed by atoms with E-state index in [1.54, 1.807) is 19.2 Å². The minimum absolute atomic E-state index is 0.216. The Hall–Kier alpha value is -2.22. The molecule has 0 bridgehead atoms. The van der Waals surface area contributed by atoms with Gasteiger partial charge in [0, 0.05) is 17.2 Å². The first-order valence-electron chi connectivity index (χ1n) is 5.85. The second-order valence-corrected chi connectivity index (χ2v) is 5.26. The van der Waals surface area contributed by atoms with E-state index in [-0.39, 0.29) is 5.56 Å². The Kier molecular flexibility index (Phi) is 3.01. The number of aryl methyl sites for hydroxylation is 1. The third-order valence-corrected chi connectivity index (χ3v) is 3.76.